The Balaban J connectivity index is 0.000000144. The molecule has 0 fully saturated rings. The largest absolute Gasteiger partial charge is 0.493 e. The van der Waals surface area contributed by atoms with Crippen LogP contribution < -0.4 is 60.5 Å². The first-order chi connectivity index (χ1) is 65.8. The number of amides is 2. The van der Waals surface area contributed by atoms with E-state index in [2.05, 4.69) is 186 Å². The van der Waals surface area contributed by atoms with Crippen LogP contribution in [-0.4, -0.2) is 169 Å². The molecule has 29 heteroatoms. The van der Waals surface area contributed by atoms with Crippen molar-refractivity contribution in [3.05, 3.63) is 334 Å². The van der Waals surface area contributed by atoms with Gasteiger partial charge in [-0.2, -0.15) is 0 Å². The number of halogens is 2. The van der Waals surface area contributed by atoms with Crippen LogP contribution in [0.4, 0.5) is 54.7 Å². The first-order valence-corrected chi connectivity index (χ1v) is 45.6. The van der Waals surface area contributed by atoms with Gasteiger partial charge in [0.1, 0.15) is 71.7 Å². The highest BCUT2D eigenvalue weighted by Crippen LogP contribution is 2.37. The quantitative estimate of drug-likeness (QED) is 0.0196. The molecule has 11 aromatic carbocycles. The van der Waals surface area contributed by atoms with Crippen LogP contribution in [0.2, 0.25) is 5.02 Å². The molecule has 17 rings (SSSR count). The standard InChI is InChI=1S/C30H33FN4O2.C27H26N4O2.C27H28N4O.C22H21ClN6O3S/c1-35(2)15-4-16-37-27-11-12-28-29(20-27)33-21-34-30(28)32-14-13-22-7-9-23(10-8-22)18-26(36)19-24-5-3-6-25(31)17-24;1-32-25-15-22-24(16-26(25)33-2)29-17-30-27(22)28-12-11-18-7-9-19(10-8-18)13-21-14-20-5-3-4-6-23(20)31-21;1-31(2)23-12-13-25-26(18-23)29-19-30-27(25)28-15-14-20-8-10-22(11-9-20)17-24(32)16-21-6-4-3-5-7-21;1-31-18-9-16-17(10-19(18)32-2)26-12-27-20(16)24-7-6-15-11-25-22(33-15)29-21(30)28-14-5-3-4-13(23)8-14/h3,5-12,17,20-21H,4,13-16,18-19H2,1-2H3,(H,32,33,34);3-10,15-17H,11-14H2,1-2H3,(H,28,29,30);3-13,18-19H,14-17H2,1-2H3,(H,28,29,30);3-5,8-12H,6-7H2,1-2H3,(H,24,26,27)(H2,25,28,29,30). The molecule has 0 bridgehead atoms. The third kappa shape index (κ3) is 28.2. The maximum atomic E-state index is 13.3. The number of urea groups is 1. The fourth-order valence-corrected chi connectivity index (χ4v) is 16.2. The van der Waals surface area contributed by atoms with Crippen LogP contribution in [0.3, 0.4) is 0 Å². The number of rotatable bonds is 38. The van der Waals surface area contributed by atoms with Crippen LogP contribution in [0.5, 0.6) is 28.7 Å². The Morgan fingerprint density at radius 1 is 0.430 bits per heavy atom. The smallest absolute Gasteiger partial charge is 0.325 e. The summed E-state index contributed by atoms with van der Waals surface area (Å²) in [4.78, 5) is 86.3. The maximum absolute atomic E-state index is 13.3. The number of Topliss-reactive ketones (excluding diaryl/α,β-unsaturated/α-hetero) is 2. The highest BCUT2D eigenvalue weighted by molar-refractivity contribution is 7.15. The van der Waals surface area contributed by atoms with Crippen molar-refractivity contribution in [1.29, 1.82) is 0 Å². The van der Waals surface area contributed by atoms with Gasteiger partial charge >= 0.3 is 6.03 Å². The topological polar surface area (TPSA) is 304 Å². The Morgan fingerprint density at radius 3 is 1.42 bits per heavy atom. The van der Waals surface area contributed by atoms with Crippen molar-refractivity contribution in [2.45, 2.75) is 70.6 Å². The van der Waals surface area contributed by atoms with Crippen molar-refractivity contribution < 1.29 is 42.5 Å². The molecule has 6 heterocycles. The number of aromatic nitrogens is 9. The second-order valence-corrected chi connectivity index (χ2v) is 34.1. The van der Waals surface area contributed by atoms with Crippen molar-refractivity contribution in [1.82, 2.24) is 49.8 Å². The van der Waals surface area contributed by atoms with E-state index in [0.717, 1.165) is 158 Å². The number of aliphatic imine (C=N–C) groups is 1. The second-order valence-electron chi connectivity index (χ2n) is 32.6. The van der Waals surface area contributed by atoms with Crippen molar-refractivity contribution in [3.63, 3.8) is 0 Å². The fourth-order valence-electron chi connectivity index (χ4n) is 15.2. The summed E-state index contributed by atoms with van der Waals surface area (Å²) in [6.45, 7) is 4.53. The Bertz CT molecular complexity index is 6720. The molecule has 2 amide bonds. The van der Waals surface area contributed by atoms with Gasteiger partial charge in [0.05, 0.1) is 62.8 Å². The molecule has 0 atom stereocenters. The summed E-state index contributed by atoms with van der Waals surface area (Å²) in [6, 6.07) is 75.8. The SMILES string of the molecule is CN(C)CCCOc1ccc2c(NCCc3ccc(CC(=O)Cc4cccc(F)c4)cc3)ncnc2c1.CN(C)c1ccc2c(NCCc3ccc(CC(=O)Cc4ccccc4)cc3)ncnc2c1.COc1cc2ncnc(NCCc3ccc(CC4=Nc5ccccc5C4)cc3)c2cc1OC.COc1cc2ncnc(NCCc3cnc(NC(=O)Nc4cccc(Cl)c4)s3)c2cc1OC. The third-order valence-electron chi connectivity index (χ3n) is 22.2. The zero-order valence-electron chi connectivity index (χ0n) is 76.7. The van der Waals surface area contributed by atoms with Gasteiger partial charge in [-0.25, -0.2) is 54.0 Å². The summed E-state index contributed by atoms with van der Waals surface area (Å²) in [5, 5.41) is 23.9. The van der Waals surface area contributed by atoms with Crippen molar-refractivity contribution in [2.24, 2.45) is 4.99 Å². The molecular weight excluding hydrogens is 1740 g/mol. The minimum Gasteiger partial charge on any atom is -0.493 e. The summed E-state index contributed by atoms with van der Waals surface area (Å²) in [5.41, 5.74) is 17.5. The number of nitrogens with zero attached hydrogens (tertiary/aromatic N) is 12. The van der Waals surface area contributed by atoms with Gasteiger partial charge in [0.15, 0.2) is 28.1 Å². The molecule has 135 heavy (non-hydrogen) atoms. The minimum atomic E-state index is -0.381. The second kappa shape index (κ2) is 48.3. The lowest BCUT2D eigenvalue weighted by atomic mass is 10.0. The molecule has 0 radical (unpaired) electrons. The Kier molecular flexibility index (Phi) is 34.3. The lowest BCUT2D eigenvalue weighted by Crippen LogP contribution is -2.19. The fraction of sp³-hybridized carbons (Fsp3) is 0.236. The molecule has 6 N–H and O–H groups in total. The van der Waals surface area contributed by atoms with Gasteiger partial charge in [0, 0.05) is 165 Å². The van der Waals surface area contributed by atoms with Crippen LogP contribution in [0.25, 0.3) is 43.6 Å². The van der Waals surface area contributed by atoms with Crippen molar-refractivity contribution in [2.75, 3.05) is 133 Å². The van der Waals surface area contributed by atoms with E-state index in [1.807, 2.05) is 117 Å². The molecule has 690 valence electrons. The van der Waals surface area contributed by atoms with E-state index in [0.29, 0.717) is 95.6 Å². The number of hydrogen-bond acceptors (Lipinski definition) is 25. The average Bonchev–Trinajstić information content (AvgIpc) is 1.76. The number of carbonyl (C=O) groups is 3. The number of ether oxygens (including phenoxy) is 5. The summed E-state index contributed by atoms with van der Waals surface area (Å²) >= 11 is 7.34. The van der Waals surface area contributed by atoms with Gasteiger partial charge < -0.3 is 60.1 Å². The van der Waals surface area contributed by atoms with E-state index in [9.17, 15) is 18.8 Å². The number of fused-ring (bicyclic) bond motifs is 5. The number of benzene rings is 11. The van der Waals surface area contributed by atoms with Crippen LogP contribution in [0, 0.1) is 5.82 Å². The number of hydrogen-bond donors (Lipinski definition) is 6. The molecule has 16 aromatic rings. The highest BCUT2D eigenvalue weighted by Gasteiger charge is 2.19. The van der Waals surface area contributed by atoms with E-state index in [-0.39, 0.29) is 29.8 Å². The van der Waals surface area contributed by atoms with Gasteiger partial charge in [-0.05, 0) is 169 Å². The van der Waals surface area contributed by atoms with Gasteiger partial charge in [-0.15, -0.1) is 11.3 Å². The molecule has 0 aliphatic carbocycles. The van der Waals surface area contributed by atoms with Gasteiger partial charge in [0.25, 0.3) is 0 Å². The number of nitrogens with one attached hydrogen (secondary N) is 6. The number of para-hydroxylation sites is 1. The first-order valence-electron chi connectivity index (χ1n) is 44.4. The predicted molar refractivity (Wildman–Crippen MR) is 540 cm³/mol. The normalized spacial score (nSPS) is 11.2. The summed E-state index contributed by atoms with van der Waals surface area (Å²) in [7, 11) is 14.6. The molecule has 5 aromatic heterocycles. The number of carbonyl (C=O) groups excluding carboxylic acids is 3. The molecule has 1 aliphatic rings. The van der Waals surface area contributed by atoms with Crippen LogP contribution in [0.1, 0.15) is 61.4 Å². The van der Waals surface area contributed by atoms with E-state index in [4.69, 9.17) is 40.3 Å². The summed E-state index contributed by atoms with van der Waals surface area (Å²) in [6.07, 6.45) is 15.6. The highest BCUT2D eigenvalue weighted by atomic mass is 35.5. The maximum Gasteiger partial charge on any atom is 0.325 e. The van der Waals surface area contributed by atoms with E-state index < -0.39 is 0 Å². The minimum absolute atomic E-state index is 0.0674. The molecule has 0 saturated carbocycles. The molecular formula is C106H108ClFN18O8S. The van der Waals surface area contributed by atoms with Gasteiger partial charge in [0.2, 0.25) is 0 Å². The zero-order valence-corrected chi connectivity index (χ0v) is 78.3. The average molecular weight is 1850 g/mol. The number of thiazole rings is 1. The van der Waals surface area contributed by atoms with Crippen LogP contribution in [-0.2, 0) is 73.8 Å². The molecule has 0 saturated heterocycles. The molecule has 0 unspecified atom stereocenters. The van der Waals surface area contributed by atoms with E-state index in [1.54, 1.807) is 90.0 Å². The number of ketones is 2. The summed E-state index contributed by atoms with van der Waals surface area (Å²) in [5.74, 6) is 6.46. The third-order valence-corrected chi connectivity index (χ3v) is 23.4. The Labute approximate surface area is 793 Å². The van der Waals surface area contributed by atoms with Crippen molar-refractivity contribution >= 4 is 135 Å². The van der Waals surface area contributed by atoms with Gasteiger partial charge in [-0.3, -0.25) is 19.9 Å². The molecule has 26 nitrogen and oxygen atoms in total. The Hall–Kier alpha value is -15.1. The summed E-state index contributed by atoms with van der Waals surface area (Å²) < 4.78 is 40.7. The van der Waals surface area contributed by atoms with Gasteiger partial charge in [-0.1, -0.05) is 151 Å². The molecule has 0 spiro atoms. The van der Waals surface area contributed by atoms with Crippen LogP contribution >= 0.6 is 22.9 Å². The monoisotopic (exact) mass is 1850 g/mol. The lowest BCUT2D eigenvalue weighted by molar-refractivity contribution is -0.118. The van der Waals surface area contributed by atoms with Crippen LogP contribution in [0.15, 0.2) is 273 Å². The zero-order chi connectivity index (χ0) is 94.2. The number of anilines is 7. The predicted octanol–water partition coefficient (Wildman–Crippen LogP) is 20.0. The molecule has 1 aliphatic heterocycles. The van der Waals surface area contributed by atoms with E-state index in [1.165, 1.54) is 63.3 Å². The lowest BCUT2D eigenvalue weighted by Gasteiger charge is -2.14. The van der Waals surface area contributed by atoms with Crippen molar-refractivity contribution in [3.8, 4) is 28.7 Å². The van der Waals surface area contributed by atoms with E-state index >= 15 is 0 Å². The number of methoxy groups -OCH3 is 4. The first kappa shape index (κ1) is 95.9. The Morgan fingerprint density at radius 2 is 0.896 bits per heavy atom.